The molecule has 2 bridgehead atoms. The fourth-order valence-corrected chi connectivity index (χ4v) is 3.89. The van der Waals surface area contributed by atoms with Crippen LogP contribution in [0.2, 0.25) is 0 Å². The highest BCUT2D eigenvalue weighted by Crippen LogP contribution is 2.32. The van der Waals surface area contributed by atoms with E-state index in [9.17, 15) is 4.79 Å². The third kappa shape index (κ3) is 4.23. The second kappa shape index (κ2) is 9.62. The Morgan fingerprint density at radius 1 is 1.21 bits per heavy atom. The molecular formula is C18H29Cl2N3O. The highest BCUT2D eigenvalue weighted by Gasteiger charge is 2.41. The summed E-state index contributed by atoms with van der Waals surface area (Å²) >= 11 is 0. The molecule has 3 rings (SSSR count). The maximum atomic E-state index is 13.4. The summed E-state index contributed by atoms with van der Waals surface area (Å²) in [5.41, 5.74) is 1.11. The van der Waals surface area contributed by atoms with Gasteiger partial charge in [0.2, 0.25) is 5.91 Å². The smallest absolute Gasteiger partial charge is 0.245 e. The summed E-state index contributed by atoms with van der Waals surface area (Å²) in [6.07, 6.45) is 3.38. The predicted octanol–water partition coefficient (Wildman–Crippen LogP) is 2.88. The number of carbonyl (C=O) groups is 1. The summed E-state index contributed by atoms with van der Waals surface area (Å²) in [7, 11) is 2.05. The van der Waals surface area contributed by atoms with Crippen molar-refractivity contribution in [1.29, 1.82) is 0 Å². The van der Waals surface area contributed by atoms with E-state index in [-0.39, 0.29) is 36.8 Å². The second-order valence-electron chi connectivity index (χ2n) is 6.51. The van der Waals surface area contributed by atoms with Crippen molar-refractivity contribution in [2.75, 3.05) is 26.7 Å². The Labute approximate surface area is 157 Å². The number of likely N-dealkylation sites (N-methyl/N-ethyl adjacent to an activating group) is 1. The fourth-order valence-electron chi connectivity index (χ4n) is 3.89. The summed E-state index contributed by atoms with van der Waals surface area (Å²) in [6, 6.07) is 10.8. The lowest BCUT2D eigenvalue weighted by molar-refractivity contribution is -0.139. The average molecular weight is 374 g/mol. The molecule has 1 aromatic carbocycles. The Bertz CT molecular complexity index is 500. The Morgan fingerprint density at radius 3 is 2.54 bits per heavy atom. The van der Waals surface area contributed by atoms with E-state index in [1.54, 1.807) is 0 Å². The molecule has 2 fully saturated rings. The van der Waals surface area contributed by atoms with Crippen LogP contribution in [0.4, 0.5) is 0 Å². The number of rotatable bonds is 4. The van der Waals surface area contributed by atoms with Crippen LogP contribution in [0.1, 0.15) is 37.8 Å². The summed E-state index contributed by atoms with van der Waals surface area (Å²) in [6.45, 7) is 4.96. The first-order valence-electron chi connectivity index (χ1n) is 8.50. The number of hydrogen-bond donors (Lipinski definition) is 1. The Morgan fingerprint density at radius 2 is 1.88 bits per heavy atom. The third-order valence-electron chi connectivity index (χ3n) is 5.20. The number of carbonyl (C=O) groups excluding carboxylic acids is 1. The lowest BCUT2D eigenvalue weighted by Gasteiger charge is -2.35. The Hall–Kier alpha value is -0.810. The van der Waals surface area contributed by atoms with E-state index in [0.717, 1.165) is 44.5 Å². The van der Waals surface area contributed by atoms with E-state index in [4.69, 9.17) is 0 Å². The van der Waals surface area contributed by atoms with Crippen LogP contribution in [0.25, 0.3) is 0 Å². The number of halogens is 2. The highest BCUT2D eigenvalue weighted by atomic mass is 35.5. The van der Waals surface area contributed by atoms with E-state index in [0.29, 0.717) is 12.1 Å². The molecule has 2 heterocycles. The van der Waals surface area contributed by atoms with E-state index in [1.807, 2.05) is 25.2 Å². The van der Waals surface area contributed by atoms with Crippen molar-refractivity contribution in [2.24, 2.45) is 0 Å². The quantitative estimate of drug-likeness (QED) is 0.880. The minimum Gasteiger partial charge on any atom is -0.334 e. The molecule has 24 heavy (non-hydrogen) atoms. The van der Waals surface area contributed by atoms with Crippen LogP contribution >= 0.6 is 24.8 Å². The first-order valence-corrected chi connectivity index (χ1v) is 8.50. The second-order valence-corrected chi connectivity index (χ2v) is 6.51. The lowest BCUT2D eigenvalue weighted by atomic mass is 10.0. The fraction of sp³-hybridized carbons (Fsp3) is 0.611. The number of amides is 1. The highest BCUT2D eigenvalue weighted by molar-refractivity contribution is 5.85. The largest absolute Gasteiger partial charge is 0.334 e. The Balaban J connectivity index is 0.00000144. The number of nitrogens with zero attached hydrogens (tertiary/aromatic N) is 2. The summed E-state index contributed by atoms with van der Waals surface area (Å²) in [4.78, 5) is 17.7. The molecule has 2 aliphatic rings. The van der Waals surface area contributed by atoms with Gasteiger partial charge in [-0.3, -0.25) is 9.69 Å². The molecule has 1 amide bonds. The van der Waals surface area contributed by atoms with Gasteiger partial charge in [-0.05, 0) is 45.0 Å². The first kappa shape index (κ1) is 21.2. The van der Waals surface area contributed by atoms with E-state index < -0.39 is 0 Å². The van der Waals surface area contributed by atoms with Crippen LogP contribution in [0.3, 0.4) is 0 Å². The van der Waals surface area contributed by atoms with Crippen molar-refractivity contribution in [2.45, 2.75) is 44.3 Å². The topological polar surface area (TPSA) is 35.6 Å². The zero-order valence-electron chi connectivity index (χ0n) is 14.5. The molecule has 3 unspecified atom stereocenters. The minimum atomic E-state index is -0.160. The zero-order valence-corrected chi connectivity index (χ0v) is 16.1. The van der Waals surface area contributed by atoms with Crippen LogP contribution in [0.5, 0.6) is 0 Å². The maximum absolute atomic E-state index is 13.4. The van der Waals surface area contributed by atoms with Gasteiger partial charge in [0, 0.05) is 18.6 Å². The van der Waals surface area contributed by atoms with Crippen molar-refractivity contribution in [3.8, 4) is 0 Å². The van der Waals surface area contributed by atoms with Crippen molar-refractivity contribution >= 4 is 30.7 Å². The van der Waals surface area contributed by atoms with Gasteiger partial charge >= 0.3 is 0 Å². The van der Waals surface area contributed by atoms with Crippen LogP contribution in [-0.2, 0) is 4.79 Å². The summed E-state index contributed by atoms with van der Waals surface area (Å²) in [5.74, 6) is 0.284. The molecular weight excluding hydrogens is 345 g/mol. The van der Waals surface area contributed by atoms with Gasteiger partial charge in [0.15, 0.2) is 0 Å². The molecule has 0 aromatic heterocycles. The van der Waals surface area contributed by atoms with Crippen molar-refractivity contribution in [3.05, 3.63) is 35.9 Å². The standard InChI is InChI=1S/C18H27N3O.2ClH/c1-3-20(2)17(14-7-5-4-6-8-14)18(22)21-15-9-10-16(21)13-19-12-11-15;;/h4-8,15-17,19H,3,9-13H2,1-2H3;2*1H. The van der Waals surface area contributed by atoms with Crippen LogP contribution in [-0.4, -0.2) is 54.5 Å². The molecule has 136 valence electrons. The molecule has 2 aliphatic heterocycles. The lowest BCUT2D eigenvalue weighted by Crippen LogP contribution is -2.48. The molecule has 3 atom stereocenters. The number of fused-ring (bicyclic) bond motifs is 2. The third-order valence-corrected chi connectivity index (χ3v) is 5.20. The van der Waals surface area contributed by atoms with Crippen molar-refractivity contribution in [3.63, 3.8) is 0 Å². The van der Waals surface area contributed by atoms with Gasteiger partial charge in [0.25, 0.3) is 0 Å². The van der Waals surface area contributed by atoms with Gasteiger partial charge in [-0.2, -0.15) is 0 Å². The first-order chi connectivity index (χ1) is 10.7. The SMILES string of the molecule is CCN(C)C(C(=O)N1C2CCNCC1CC2)c1ccccc1.Cl.Cl. The summed E-state index contributed by atoms with van der Waals surface area (Å²) < 4.78 is 0. The zero-order chi connectivity index (χ0) is 15.5. The van der Waals surface area contributed by atoms with Gasteiger partial charge in [-0.1, -0.05) is 37.3 Å². The predicted molar refractivity (Wildman–Crippen MR) is 103 cm³/mol. The van der Waals surface area contributed by atoms with Gasteiger partial charge in [-0.25, -0.2) is 0 Å². The maximum Gasteiger partial charge on any atom is 0.245 e. The summed E-state index contributed by atoms with van der Waals surface area (Å²) in [5, 5.41) is 3.48. The molecule has 2 saturated heterocycles. The molecule has 6 heteroatoms. The Kier molecular flexibility index (Phi) is 8.51. The van der Waals surface area contributed by atoms with E-state index in [1.165, 1.54) is 0 Å². The molecule has 1 N–H and O–H groups in total. The van der Waals surface area contributed by atoms with E-state index >= 15 is 0 Å². The normalized spacial score (nSPS) is 23.9. The molecule has 0 spiro atoms. The number of benzene rings is 1. The van der Waals surface area contributed by atoms with Crippen molar-refractivity contribution in [1.82, 2.24) is 15.1 Å². The molecule has 1 aromatic rings. The van der Waals surface area contributed by atoms with Gasteiger partial charge in [0.1, 0.15) is 6.04 Å². The van der Waals surface area contributed by atoms with Crippen LogP contribution in [0, 0.1) is 0 Å². The van der Waals surface area contributed by atoms with E-state index in [2.05, 4.69) is 34.2 Å². The monoisotopic (exact) mass is 373 g/mol. The molecule has 0 saturated carbocycles. The van der Waals surface area contributed by atoms with Gasteiger partial charge in [0.05, 0.1) is 0 Å². The van der Waals surface area contributed by atoms with Crippen molar-refractivity contribution < 1.29 is 4.79 Å². The molecule has 0 radical (unpaired) electrons. The van der Waals surface area contributed by atoms with Crippen LogP contribution in [0.15, 0.2) is 30.3 Å². The minimum absolute atomic E-state index is 0. The molecule has 0 aliphatic carbocycles. The average Bonchev–Trinajstić information content (AvgIpc) is 2.81. The number of hydrogen-bond acceptors (Lipinski definition) is 3. The van der Waals surface area contributed by atoms with Gasteiger partial charge < -0.3 is 10.2 Å². The van der Waals surface area contributed by atoms with Crippen LogP contribution < -0.4 is 5.32 Å². The van der Waals surface area contributed by atoms with Gasteiger partial charge in [-0.15, -0.1) is 24.8 Å². The molecule has 4 nitrogen and oxygen atoms in total. The number of nitrogens with one attached hydrogen (secondary N) is 1.